The van der Waals surface area contributed by atoms with E-state index in [4.69, 9.17) is 9.84 Å². The van der Waals surface area contributed by atoms with Crippen LogP contribution in [-0.4, -0.2) is 53.7 Å². The lowest BCUT2D eigenvalue weighted by Gasteiger charge is -2.28. The molecule has 4 rings (SSSR count). The average molecular weight is 479 g/mol. The number of carboxylic acid groups (broad SMARTS) is 1. The Labute approximate surface area is 206 Å². The molecule has 2 amide bonds. The van der Waals surface area contributed by atoms with E-state index in [0.29, 0.717) is 19.5 Å². The summed E-state index contributed by atoms with van der Waals surface area (Å²) in [6.07, 6.45) is 0.140. The maximum Gasteiger partial charge on any atom is 0.407 e. The molecule has 7 nitrogen and oxygen atoms in total. The number of hydrogen-bond acceptors (Lipinski definition) is 4. The number of nitrogens with zero attached hydrogens (tertiary/aromatic N) is 1. The Kier molecular flexibility index (Phi) is 7.43. The van der Waals surface area contributed by atoms with Crippen molar-refractivity contribution in [1.82, 2.24) is 10.2 Å². The van der Waals surface area contributed by atoms with Gasteiger partial charge in [0.25, 0.3) is 0 Å². The molecular formula is C28H34N2O5. The summed E-state index contributed by atoms with van der Waals surface area (Å²) < 4.78 is 5.67. The highest BCUT2D eigenvalue weighted by Crippen LogP contribution is 2.44. The SMILES string of the molecule is CC[C@H](C)[C@H](NC(=O)OCC1c2ccccc2-c2ccccc21)C(=O)N1C[C@@H](CC(=O)O)[C@H](C)C1. The molecule has 0 spiro atoms. The first-order valence-corrected chi connectivity index (χ1v) is 12.4. The van der Waals surface area contributed by atoms with Crippen LogP contribution >= 0.6 is 0 Å². The summed E-state index contributed by atoms with van der Waals surface area (Å²) >= 11 is 0. The van der Waals surface area contributed by atoms with Crippen LogP contribution in [0.4, 0.5) is 4.79 Å². The van der Waals surface area contributed by atoms with Gasteiger partial charge in [0.15, 0.2) is 0 Å². The van der Waals surface area contributed by atoms with Gasteiger partial charge in [0.1, 0.15) is 12.6 Å². The van der Waals surface area contributed by atoms with Crippen molar-refractivity contribution in [3.63, 3.8) is 0 Å². The second-order valence-corrected chi connectivity index (χ2v) is 9.91. The molecule has 2 aliphatic rings. The number of hydrogen-bond donors (Lipinski definition) is 2. The van der Waals surface area contributed by atoms with Crippen LogP contribution in [0.5, 0.6) is 0 Å². The molecule has 1 saturated heterocycles. The summed E-state index contributed by atoms with van der Waals surface area (Å²) in [6, 6.07) is 15.6. The van der Waals surface area contributed by atoms with Gasteiger partial charge in [-0.3, -0.25) is 9.59 Å². The molecule has 1 heterocycles. The predicted molar refractivity (Wildman–Crippen MR) is 133 cm³/mol. The maximum atomic E-state index is 13.4. The average Bonchev–Trinajstić information content (AvgIpc) is 3.37. The zero-order valence-corrected chi connectivity index (χ0v) is 20.6. The van der Waals surface area contributed by atoms with Crippen LogP contribution < -0.4 is 5.32 Å². The first-order valence-electron chi connectivity index (χ1n) is 12.4. The van der Waals surface area contributed by atoms with Gasteiger partial charge in [-0.25, -0.2) is 4.79 Å². The van der Waals surface area contributed by atoms with Crippen LogP contribution in [0, 0.1) is 17.8 Å². The Hall–Kier alpha value is -3.35. The number of fused-ring (bicyclic) bond motifs is 3. The first kappa shape index (κ1) is 24.8. The van der Waals surface area contributed by atoms with Crippen LogP contribution in [0.2, 0.25) is 0 Å². The minimum atomic E-state index is -0.855. The molecule has 7 heteroatoms. The fourth-order valence-corrected chi connectivity index (χ4v) is 5.35. The number of rotatable bonds is 8. The highest BCUT2D eigenvalue weighted by molar-refractivity contribution is 5.86. The molecule has 186 valence electrons. The largest absolute Gasteiger partial charge is 0.481 e. The third-order valence-electron chi connectivity index (χ3n) is 7.61. The summed E-state index contributed by atoms with van der Waals surface area (Å²) in [5, 5.41) is 12.0. The van der Waals surface area contributed by atoms with Gasteiger partial charge < -0.3 is 20.1 Å². The molecule has 2 aromatic carbocycles. The van der Waals surface area contributed by atoms with E-state index in [2.05, 4.69) is 29.6 Å². The monoisotopic (exact) mass is 478 g/mol. The van der Waals surface area contributed by atoms with Gasteiger partial charge >= 0.3 is 12.1 Å². The highest BCUT2D eigenvalue weighted by Gasteiger charge is 2.38. The van der Waals surface area contributed by atoms with E-state index < -0.39 is 18.1 Å². The number of carbonyl (C=O) groups excluding carboxylic acids is 2. The molecule has 0 unspecified atom stereocenters. The van der Waals surface area contributed by atoms with Crippen molar-refractivity contribution in [3.8, 4) is 11.1 Å². The first-order chi connectivity index (χ1) is 16.8. The maximum absolute atomic E-state index is 13.4. The Morgan fingerprint density at radius 2 is 1.66 bits per heavy atom. The van der Waals surface area contributed by atoms with Crippen LogP contribution in [0.3, 0.4) is 0 Å². The van der Waals surface area contributed by atoms with Gasteiger partial charge in [-0.15, -0.1) is 0 Å². The minimum absolute atomic E-state index is 0.0404. The van der Waals surface area contributed by atoms with Gasteiger partial charge in [-0.05, 0) is 40.0 Å². The van der Waals surface area contributed by atoms with Crippen LogP contribution in [0.25, 0.3) is 11.1 Å². The molecule has 2 N–H and O–H groups in total. The fourth-order valence-electron chi connectivity index (χ4n) is 5.35. The van der Waals surface area contributed by atoms with Gasteiger partial charge in [0.2, 0.25) is 5.91 Å². The molecule has 0 saturated carbocycles. The molecule has 4 atom stereocenters. The molecule has 1 fully saturated rings. The number of amides is 2. The zero-order chi connectivity index (χ0) is 25.1. The van der Waals surface area contributed by atoms with Crippen LogP contribution in [0.15, 0.2) is 48.5 Å². The Morgan fingerprint density at radius 3 is 2.23 bits per heavy atom. The second kappa shape index (κ2) is 10.5. The summed E-state index contributed by atoms with van der Waals surface area (Å²) in [5.74, 6) is -1.15. The number of carbonyl (C=O) groups is 3. The molecule has 2 aromatic rings. The molecule has 0 radical (unpaired) electrons. The zero-order valence-electron chi connectivity index (χ0n) is 20.6. The molecular weight excluding hydrogens is 444 g/mol. The normalized spacial score (nSPS) is 20.6. The predicted octanol–water partition coefficient (Wildman–Crippen LogP) is 4.51. The minimum Gasteiger partial charge on any atom is -0.481 e. The van der Waals surface area contributed by atoms with Crippen molar-refractivity contribution in [1.29, 1.82) is 0 Å². The lowest BCUT2D eigenvalue weighted by molar-refractivity contribution is -0.139. The summed E-state index contributed by atoms with van der Waals surface area (Å²) in [7, 11) is 0. The molecule has 1 aliphatic heterocycles. The van der Waals surface area contributed by atoms with Crippen molar-refractivity contribution in [2.75, 3.05) is 19.7 Å². The summed E-state index contributed by atoms with van der Waals surface area (Å²) in [4.78, 5) is 39.1. The summed E-state index contributed by atoms with van der Waals surface area (Å²) in [6.45, 7) is 6.95. The lowest BCUT2D eigenvalue weighted by atomic mass is 9.95. The number of carboxylic acids is 1. The number of alkyl carbamates (subject to hydrolysis) is 1. The molecule has 0 bridgehead atoms. The quantitative estimate of drug-likeness (QED) is 0.582. The van der Waals surface area contributed by atoms with Gasteiger partial charge in [-0.1, -0.05) is 75.7 Å². The Morgan fingerprint density at radius 1 is 1.06 bits per heavy atom. The Balaban J connectivity index is 1.42. The second-order valence-electron chi connectivity index (χ2n) is 9.91. The van der Waals surface area contributed by atoms with Gasteiger partial charge in [0.05, 0.1) is 6.42 Å². The number of aliphatic carboxylic acids is 1. The highest BCUT2D eigenvalue weighted by atomic mass is 16.5. The number of ether oxygens (including phenoxy) is 1. The van der Waals surface area contributed by atoms with Gasteiger partial charge in [0, 0.05) is 19.0 Å². The van der Waals surface area contributed by atoms with Crippen molar-refractivity contribution >= 4 is 18.0 Å². The number of benzene rings is 2. The van der Waals surface area contributed by atoms with E-state index >= 15 is 0 Å². The van der Waals surface area contributed by atoms with E-state index in [0.717, 1.165) is 22.3 Å². The van der Waals surface area contributed by atoms with Crippen molar-refractivity contribution in [2.45, 2.75) is 45.6 Å². The summed E-state index contributed by atoms with van der Waals surface area (Å²) in [5.41, 5.74) is 4.57. The topological polar surface area (TPSA) is 95.9 Å². The van der Waals surface area contributed by atoms with E-state index in [1.807, 2.05) is 45.0 Å². The Bertz CT molecular complexity index is 1050. The van der Waals surface area contributed by atoms with E-state index in [9.17, 15) is 14.4 Å². The third-order valence-corrected chi connectivity index (χ3v) is 7.61. The van der Waals surface area contributed by atoms with Gasteiger partial charge in [-0.2, -0.15) is 0 Å². The van der Waals surface area contributed by atoms with E-state index in [1.54, 1.807) is 4.90 Å². The molecule has 35 heavy (non-hydrogen) atoms. The standard InChI is InChI=1S/C28H34N2O5/c1-4-17(2)26(27(33)30-14-18(3)19(15-30)13-25(31)32)29-28(34)35-16-24-22-11-7-5-9-20(22)21-10-6-8-12-23(21)24/h5-12,17-19,24,26H,4,13-16H2,1-3H3,(H,29,34)(H,31,32)/t17-,18+,19+,26-/m0/s1. The van der Waals surface area contributed by atoms with Crippen molar-refractivity contribution in [2.24, 2.45) is 17.8 Å². The van der Waals surface area contributed by atoms with E-state index in [-0.39, 0.29) is 42.6 Å². The lowest BCUT2D eigenvalue weighted by Crippen LogP contribution is -2.51. The molecule has 0 aromatic heterocycles. The number of likely N-dealkylation sites (tertiary alicyclic amines) is 1. The third kappa shape index (κ3) is 5.19. The van der Waals surface area contributed by atoms with Crippen molar-refractivity contribution in [3.05, 3.63) is 59.7 Å². The molecule has 1 aliphatic carbocycles. The van der Waals surface area contributed by atoms with Crippen molar-refractivity contribution < 1.29 is 24.2 Å². The fraction of sp³-hybridized carbons (Fsp3) is 0.464. The van der Waals surface area contributed by atoms with E-state index in [1.165, 1.54) is 0 Å². The number of nitrogens with one attached hydrogen (secondary N) is 1. The smallest absolute Gasteiger partial charge is 0.407 e. The van der Waals surface area contributed by atoms with Crippen LogP contribution in [0.1, 0.15) is 50.7 Å². The van der Waals surface area contributed by atoms with Crippen LogP contribution in [-0.2, 0) is 14.3 Å².